The molecule has 0 aliphatic heterocycles. The largest absolute Gasteiger partial charge is 0.373 e. The van der Waals surface area contributed by atoms with Crippen molar-refractivity contribution in [2.24, 2.45) is 0 Å². The second-order valence-corrected chi connectivity index (χ2v) is 4.36. The molecule has 76 valence electrons. The van der Waals surface area contributed by atoms with Crippen molar-refractivity contribution in [3.63, 3.8) is 0 Å². The van der Waals surface area contributed by atoms with Crippen molar-refractivity contribution in [2.45, 2.75) is 18.4 Å². The molecule has 14 heavy (non-hydrogen) atoms. The minimum atomic E-state index is -0.713. The second-order valence-electron chi connectivity index (χ2n) is 3.44. The molecule has 1 aliphatic rings. The maximum absolute atomic E-state index is 13.5. The molecular formula is C10H9BrF2O. The summed E-state index contributed by atoms with van der Waals surface area (Å²) in [5, 5.41) is 0. The lowest BCUT2D eigenvalue weighted by atomic mass is 10.1. The maximum atomic E-state index is 13.5. The molecule has 0 heterocycles. The lowest BCUT2D eigenvalue weighted by Crippen LogP contribution is -2.13. The minimum absolute atomic E-state index is 0.0585. The summed E-state index contributed by atoms with van der Waals surface area (Å²) in [6, 6.07) is 2.52. The van der Waals surface area contributed by atoms with Gasteiger partial charge < -0.3 is 4.74 Å². The van der Waals surface area contributed by atoms with Crippen LogP contribution in [0.15, 0.2) is 16.6 Å². The van der Waals surface area contributed by atoms with Gasteiger partial charge >= 0.3 is 0 Å². The molecular weight excluding hydrogens is 254 g/mol. The summed E-state index contributed by atoms with van der Waals surface area (Å²) in [6.07, 6.45) is 1.36. The van der Waals surface area contributed by atoms with Crippen LogP contribution in [-0.2, 0) is 10.3 Å². The quantitative estimate of drug-likeness (QED) is 0.794. The Bertz CT molecular complexity index is 351. The first-order valence-corrected chi connectivity index (χ1v) is 5.08. The van der Waals surface area contributed by atoms with Crippen molar-refractivity contribution in [3.05, 3.63) is 33.8 Å². The van der Waals surface area contributed by atoms with E-state index in [2.05, 4.69) is 15.9 Å². The fourth-order valence-electron chi connectivity index (χ4n) is 1.65. The maximum Gasteiger partial charge on any atom is 0.133 e. The summed E-state index contributed by atoms with van der Waals surface area (Å²) in [6.45, 7) is 0. The predicted molar refractivity (Wildman–Crippen MR) is 52.0 cm³/mol. The van der Waals surface area contributed by atoms with Crippen molar-refractivity contribution in [1.82, 2.24) is 0 Å². The topological polar surface area (TPSA) is 9.23 Å². The number of methoxy groups -OCH3 is 1. The third-order valence-corrected chi connectivity index (χ3v) is 3.02. The van der Waals surface area contributed by atoms with Crippen LogP contribution in [0, 0.1) is 11.6 Å². The summed E-state index contributed by atoms with van der Waals surface area (Å²) in [5.41, 5.74) is -0.655. The Hall–Kier alpha value is -0.480. The number of ether oxygens (including phenoxy) is 1. The Morgan fingerprint density at radius 2 is 1.79 bits per heavy atom. The van der Waals surface area contributed by atoms with Gasteiger partial charge in [-0.05, 0) is 25.0 Å². The SMILES string of the molecule is COC1(c2c(F)cc(Br)cc2F)CC1. The average Bonchev–Trinajstić information content (AvgIpc) is 2.83. The van der Waals surface area contributed by atoms with Gasteiger partial charge in [-0.25, -0.2) is 8.78 Å². The van der Waals surface area contributed by atoms with Crippen LogP contribution in [0.4, 0.5) is 8.78 Å². The zero-order chi connectivity index (χ0) is 10.3. The van der Waals surface area contributed by atoms with Gasteiger partial charge in [-0.3, -0.25) is 0 Å². The third-order valence-electron chi connectivity index (χ3n) is 2.56. The lowest BCUT2D eigenvalue weighted by molar-refractivity contribution is 0.0722. The van der Waals surface area contributed by atoms with Crippen LogP contribution in [0.25, 0.3) is 0 Å². The summed E-state index contributed by atoms with van der Waals surface area (Å²) in [4.78, 5) is 0. The number of halogens is 3. The molecule has 0 radical (unpaired) electrons. The zero-order valence-electron chi connectivity index (χ0n) is 7.61. The van der Waals surface area contributed by atoms with Gasteiger partial charge in [0.15, 0.2) is 0 Å². The highest BCUT2D eigenvalue weighted by Gasteiger charge is 2.48. The molecule has 1 fully saturated rings. The Morgan fingerprint density at radius 3 is 2.14 bits per heavy atom. The lowest BCUT2D eigenvalue weighted by Gasteiger charge is -2.15. The molecule has 1 aromatic rings. The molecule has 0 bridgehead atoms. The van der Waals surface area contributed by atoms with Crippen molar-refractivity contribution >= 4 is 15.9 Å². The van der Waals surface area contributed by atoms with Crippen LogP contribution in [0.2, 0.25) is 0 Å². The van der Waals surface area contributed by atoms with Gasteiger partial charge in [0.2, 0.25) is 0 Å². The van der Waals surface area contributed by atoms with Crippen molar-refractivity contribution in [1.29, 1.82) is 0 Å². The zero-order valence-corrected chi connectivity index (χ0v) is 9.20. The molecule has 0 unspecified atom stereocenters. The average molecular weight is 263 g/mol. The highest BCUT2D eigenvalue weighted by molar-refractivity contribution is 9.10. The van der Waals surface area contributed by atoms with Crippen LogP contribution in [0.3, 0.4) is 0 Å². The first-order valence-electron chi connectivity index (χ1n) is 4.29. The molecule has 1 saturated carbocycles. The molecule has 1 aliphatic carbocycles. The van der Waals surface area contributed by atoms with Gasteiger partial charge in [0.25, 0.3) is 0 Å². The summed E-state index contributed by atoms with van der Waals surface area (Å²) >= 11 is 3.04. The molecule has 1 nitrogen and oxygen atoms in total. The van der Waals surface area contributed by atoms with E-state index in [1.165, 1.54) is 19.2 Å². The number of benzene rings is 1. The fourth-order valence-corrected chi connectivity index (χ4v) is 2.05. The van der Waals surface area contributed by atoms with Crippen molar-refractivity contribution < 1.29 is 13.5 Å². The molecule has 1 aromatic carbocycles. The predicted octanol–water partition coefficient (Wildman–Crippen LogP) is 3.36. The number of hydrogen-bond donors (Lipinski definition) is 0. The molecule has 0 atom stereocenters. The van der Waals surface area contributed by atoms with Crippen LogP contribution in [0.1, 0.15) is 18.4 Å². The monoisotopic (exact) mass is 262 g/mol. The number of hydrogen-bond acceptors (Lipinski definition) is 1. The van der Waals surface area contributed by atoms with Crippen LogP contribution in [-0.4, -0.2) is 7.11 Å². The van der Waals surface area contributed by atoms with Crippen molar-refractivity contribution in [3.8, 4) is 0 Å². The normalized spacial score (nSPS) is 18.3. The molecule has 0 aromatic heterocycles. The Morgan fingerprint density at radius 1 is 1.29 bits per heavy atom. The van der Waals surface area contributed by atoms with Crippen LogP contribution < -0.4 is 0 Å². The third kappa shape index (κ3) is 1.46. The fraction of sp³-hybridized carbons (Fsp3) is 0.400. The van der Waals surface area contributed by atoms with E-state index in [0.29, 0.717) is 17.3 Å². The number of rotatable bonds is 2. The van der Waals surface area contributed by atoms with Crippen molar-refractivity contribution in [2.75, 3.05) is 7.11 Å². The van der Waals surface area contributed by atoms with Gasteiger partial charge in [-0.1, -0.05) is 15.9 Å². The molecule has 0 spiro atoms. The Balaban J connectivity index is 2.53. The van der Waals surface area contributed by atoms with Gasteiger partial charge in [-0.15, -0.1) is 0 Å². The second kappa shape index (κ2) is 3.28. The van der Waals surface area contributed by atoms with E-state index in [4.69, 9.17) is 4.74 Å². The Kier molecular flexibility index (Phi) is 2.35. The van der Waals surface area contributed by atoms with E-state index in [0.717, 1.165) is 0 Å². The summed E-state index contributed by atoms with van der Waals surface area (Å²) in [7, 11) is 1.48. The summed E-state index contributed by atoms with van der Waals surface area (Å²) < 4.78 is 32.5. The van der Waals surface area contributed by atoms with E-state index in [-0.39, 0.29) is 5.56 Å². The standard InChI is InChI=1S/C10H9BrF2O/c1-14-10(2-3-10)9-7(12)4-6(11)5-8(9)13/h4-5H,2-3H2,1H3. The molecule has 0 N–H and O–H groups in total. The molecule has 0 amide bonds. The van der Waals surface area contributed by atoms with Gasteiger partial charge in [0.05, 0.1) is 11.2 Å². The highest BCUT2D eigenvalue weighted by Crippen LogP contribution is 2.50. The van der Waals surface area contributed by atoms with E-state index in [1.807, 2.05) is 0 Å². The van der Waals surface area contributed by atoms with E-state index < -0.39 is 17.2 Å². The smallest absolute Gasteiger partial charge is 0.133 e. The highest BCUT2D eigenvalue weighted by atomic mass is 79.9. The van der Waals surface area contributed by atoms with Crippen LogP contribution >= 0.6 is 15.9 Å². The summed E-state index contributed by atoms with van der Waals surface area (Å²) in [5.74, 6) is -1.09. The minimum Gasteiger partial charge on any atom is -0.373 e. The first kappa shape index (κ1) is 10.1. The van der Waals surface area contributed by atoms with Crippen LogP contribution in [0.5, 0.6) is 0 Å². The molecule has 4 heteroatoms. The molecule has 0 saturated heterocycles. The molecule has 2 rings (SSSR count). The van der Waals surface area contributed by atoms with E-state index in [1.54, 1.807) is 0 Å². The van der Waals surface area contributed by atoms with Gasteiger partial charge in [-0.2, -0.15) is 0 Å². The van der Waals surface area contributed by atoms with Gasteiger partial charge in [0.1, 0.15) is 11.6 Å². The van der Waals surface area contributed by atoms with E-state index in [9.17, 15) is 8.78 Å². The van der Waals surface area contributed by atoms with Gasteiger partial charge in [0, 0.05) is 11.6 Å². The van der Waals surface area contributed by atoms with E-state index >= 15 is 0 Å². The first-order chi connectivity index (χ1) is 6.59. The Labute approximate surface area is 89.2 Å².